The van der Waals surface area contributed by atoms with Crippen molar-refractivity contribution in [2.24, 2.45) is 5.73 Å². The van der Waals surface area contributed by atoms with Crippen LogP contribution in [0.25, 0.3) is 0 Å². The molecule has 1 saturated heterocycles. The summed E-state index contributed by atoms with van der Waals surface area (Å²) in [6.45, 7) is 1.85. The van der Waals surface area contributed by atoms with Gasteiger partial charge in [-0.3, -0.25) is 9.69 Å². The average molecular weight is 276 g/mol. The molecule has 2 rings (SSSR count). The lowest BCUT2D eigenvalue weighted by Crippen LogP contribution is -2.43. The Balaban J connectivity index is 1.93. The number of carbonyl (C=O) groups excluding carboxylic acids is 1. The van der Waals surface area contributed by atoms with Crippen LogP contribution in [0.4, 0.5) is 10.1 Å². The Morgan fingerprint density at radius 3 is 2.80 bits per heavy atom. The molecule has 0 aromatic heterocycles. The quantitative estimate of drug-likeness (QED) is 0.861. The summed E-state index contributed by atoms with van der Waals surface area (Å²) in [5, 5.41) is 12.3. The monoisotopic (exact) mass is 276 g/mol. The molecule has 0 spiro atoms. The molecule has 3 N–H and O–H groups in total. The molecule has 0 radical (unpaired) electrons. The van der Waals surface area contributed by atoms with Crippen molar-refractivity contribution >= 4 is 11.6 Å². The van der Waals surface area contributed by atoms with E-state index < -0.39 is 5.82 Å². The number of nitrogens with two attached hydrogens (primary N) is 1. The van der Waals surface area contributed by atoms with Gasteiger partial charge < -0.3 is 11.1 Å². The number of rotatable bonds is 4. The van der Waals surface area contributed by atoms with Crippen LogP contribution in [0.15, 0.2) is 18.2 Å². The predicted octanol–water partition coefficient (Wildman–Crippen LogP) is 1.06. The Hall–Kier alpha value is -2.13. The van der Waals surface area contributed by atoms with Crippen molar-refractivity contribution < 1.29 is 9.18 Å². The number of nitrogens with zero attached hydrogens (tertiary/aromatic N) is 2. The van der Waals surface area contributed by atoms with Gasteiger partial charge in [-0.15, -0.1) is 0 Å². The molecule has 0 bridgehead atoms. The summed E-state index contributed by atoms with van der Waals surface area (Å²) in [6, 6.07) is 6.36. The lowest BCUT2D eigenvalue weighted by Gasteiger charge is -2.32. The molecule has 1 fully saturated rings. The highest BCUT2D eigenvalue weighted by Gasteiger charge is 2.20. The molecule has 0 aliphatic carbocycles. The zero-order chi connectivity index (χ0) is 14.5. The Labute approximate surface area is 117 Å². The highest BCUT2D eigenvalue weighted by molar-refractivity contribution is 5.75. The lowest BCUT2D eigenvalue weighted by atomic mass is 10.0. The summed E-state index contributed by atoms with van der Waals surface area (Å²) in [5.41, 5.74) is 6.13. The molecule has 20 heavy (non-hydrogen) atoms. The molecule has 0 atom stereocenters. The van der Waals surface area contributed by atoms with Crippen molar-refractivity contribution in [1.82, 2.24) is 4.90 Å². The molecule has 1 amide bonds. The van der Waals surface area contributed by atoms with E-state index in [1.165, 1.54) is 12.1 Å². The molecule has 6 heteroatoms. The first kappa shape index (κ1) is 14.3. The van der Waals surface area contributed by atoms with E-state index >= 15 is 0 Å². The molecule has 5 nitrogen and oxygen atoms in total. The van der Waals surface area contributed by atoms with E-state index in [9.17, 15) is 9.18 Å². The van der Waals surface area contributed by atoms with Gasteiger partial charge >= 0.3 is 0 Å². The number of hydrogen-bond donors (Lipinski definition) is 2. The van der Waals surface area contributed by atoms with Crippen LogP contribution in [0.1, 0.15) is 18.4 Å². The van der Waals surface area contributed by atoms with Crippen LogP contribution in [-0.4, -0.2) is 36.5 Å². The number of nitrogens with one attached hydrogen (secondary N) is 1. The summed E-state index contributed by atoms with van der Waals surface area (Å²) in [5.74, 6) is -0.731. The lowest BCUT2D eigenvalue weighted by molar-refractivity contribution is -0.119. The number of benzene rings is 1. The third kappa shape index (κ3) is 3.68. The molecule has 1 aliphatic heterocycles. The summed E-state index contributed by atoms with van der Waals surface area (Å²) < 4.78 is 13.1. The van der Waals surface area contributed by atoms with Gasteiger partial charge in [-0.2, -0.15) is 5.26 Å². The smallest absolute Gasteiger partial charge is 0.231 e. The molecule has 1 aromatic rings. The van der Waals surface area contributed by atoms with E-state index in [2.05, 4.69) is 5.32 Å². The zero-order valence-electron chi connectivity index (χ0n) is 11.1. The number of anilines is 1. The van der Waals surface area contributed by atoms with Crippen LogP contribution in [-0.2, 0) is 4.79 Å². The first-order valence-corrected chi connectivity index (χ1v) is 6.55. The number of amides is 1. The topological polar surface area (TPSA) is 82.2 Å². The van der Waals surface area contributed by atoms with E-state index in [0.717, 1.165) is 25.9 Å². The van der Waals surface area contributed by atoms with Gasteiger partial charge in [0.1, 0.15) is 11.9 Å². The van der Waals surface area contributed by atoms with Crippen LogP contribution < -0.4 is 11.1 Å². The number of likely N-dealkylation sites (tertiary alicyclic amines) is 1. The van der Waals surface area contributed by atoms with Crippen LogP contribution >= 0.6 is 0 Å². The van der Waals surface area contributed by atoms with Crippen molar-refractivity contribution in [3.8, 4) is 6.07 Å². The summed E-state index contributed by atoms with van der Waals surface area (Å²) in [7, 11) is 0. The molecule has 1 aromatic carbocycles. The summed E-state index contributed by atoms with van der Waals surface area (Å²) in [6.07, 6.45) is 1.71. The van der Waals surface area contributed by atoms with Gasteiger partial charge in [0.2, 0.25) is 5.91 Å². The Kier molecular flexibility index (Phi) is 4.53. The van der Waals surface area contributed by atoms with Gasteiger partial charge in [-0.1, -0.05) is 0 Å². The van der Waals surface area contributed by atoms with Crippen molar-refractivity contribution in [3.05, 3.63) is 29.6 Å². The van der Waals surface area contributed by atoms with Crippen molar-refractivity contribution in [3.63, 3.8) is 0 Å². The minimum atomic E-state index is -0.414. The van der Waals surface area contributed by atoms with Crippen LogP contribution in [0.2, 0.25) is 0 Å². The van der Waals surface area contributed by atoms with Crippen LogP contribution in [0.3, 0.4) is 0 Å². The highest BCUT2D eigenvalue weighted by Crippen LogP contribution is 2.20. The molecule has 1 aliphatic rings. The van der Waals surface area contributed by atoms with Gasteiger partial charge in [0.15, 0.2) is 0 Å². The maximum atomic E-state index is 13.1. The van der Waals surface area contributed by atoms with Crippen LogP contribution in [0.5, 0.6) is 0 Å². The third-order valence-corrected chi connectivity index (χ3v) is 3.43. The summed E-state index contributed by atoms with van der Waals surface area (Å²) >= 11 is 0. The van der Waals surface area contributed by atoms with E-state index in [0.29, 0.717) is 11.3 Å². The minimum Gasteiger partial charge on any atom is -0.381 e. The SMILES string of the molecule is N#Cc1cc(F)ccc1NC1CCN(CC(N)=O)CC1. The van der Waals surface area contributed by atoms with Crippen LogP contribution in [0, 0.1) is 17.1 Å². The highest BCUT2D eigenvalue weighted by atomic mass is 19.1. The maximum Gasteiger partial charge on any atom is 0.231 e. The summed E-state index contributed by atoms with van der Waals surface area (Å²) in [4.78, 5) is 12.9. The van der Waals surface area contributed by atoms with Gasteiger partial charge in [0.25, 0.3) is 0 Å². The fourth-order valence-electron chi connectivity index (χ4n) is 2.41. The van der Waals surface area contributed by atoms with E-state index in [-0.39, 0.29) is 18.5 Å². The van der Waals surface area contributed by atoms with E-state index in [1.807, 2.05) is 11.0 Å². The molecular formula is C14H17FN4O. The maximum absolute atomic E-state index is 13.1. The fraction of sp³-hybridized carbons (Fsp3) is 0.429. The second-order valence-corrected chi connectivity index (χ2v) is 4.96. The molecule has 0 saturated carbocycles. The first-order valence-electron chi connectivity index (χ1n) is 6.55. The largest absolute Gasteiger partial charge is 0.381 e. The Bertz CT molecular complexity index is 532. The fourth-order valence-corrected chi connectivity index (χ4v) is 2.41. The first-order chi connectivity index (χ1) is 9.58. The third-order valence-electron chi connectivity index (χ3n) is 3.43. The Morgan fingerprint density at radius 2 is 2.20 bits per heavy atom. The van der Waals surface area contributed by atoms with Gasteiger partial charge in [0.05, 0.1) is 17.8 Å². The normalized spacial score (nSPS) is 16.6. The number of nitriles is 1. The molecule has 0 unspecified atom stereocenters. The van der Waals surface area contributed by atoms with E-state index in [4.69, 9.17) is 11.0 Å². The van der Waals surface area contributed by atoms with Crippen molar-refractivity contribution in [2.75, 3.05) is 25.0 Å². The number of carbonyl (C=O) groups is 1. The second-order valence-electron chi connectivity index (χ2n) is 4.96. The van der Waals surface area contributed by atoms with Gasteiger partial charge in [-0.25, -0.2) is 4.39 Å². The number of hydrogen-bond acceptors (Lipinski definition) is 4. The molecule has 106 valence electrons. The number of halogens is 1. The Morgan fingerprint density at radius 1 is 1.50 bits per heavy atom. The van der Waals surface area contributed by atoms with Crippen molar-refractivity contribution in [1.29, 1.82) is 5.26 Å². The van der Waals surface area contributed by atoms with Gasteiger partial charge in [-0.05, 0) is 31.0 Å². The van der Waals surface area contributed by atoms with Crippen molar-refractivity contribution in [2.45, 2.75) is 18.9 Å². The number of primary amides is 1. The minimum absolute atomic E-state index is 0.219. The second kappa shape index (κ2) is 6.35. The molecule has 1 heterocycles. The standard InChI is InChI=1S/C14H17FN4O/c15-11-1-2-13(10(7-11)8-16)18-12-3-5-19(6-4-12)9-14(17)20/h1-2,7,12,18H,3-6,9H2,(H2,17,20). The average Bonchev–Trinajstić information content (AvgIpc) is 2.42. The zero-order valence-corrected chi connectivity index (χ0v) is 11.1. The molecular weight excluding hydrogens is 259 g/mol. The van der Waals surface area contributed by atoms with E-state index in [1.54, 1.807) is 6.07 Å². The number of piperidine rings is 1. The predicted molar refractivity (Wildman–Crippen MR) is 73.4 cm³/mol. The van der Waals surface area contributed by atoms with Gasteiger partial charge in [0, 0.05) is 19.1 Å².